The lowest BCUT2D eigenvalue weighted by atomic mass is 10.2. The Morgan fingerprint density at radius 3 is 2.82 bits per heavy atom. The quantitative estimate of drug-likeness (QED) is 0.643. The fourth-order valence-corrected chi connectivity index (χ4v) is 1.35. The van der Waals surface area contributed by atoms with Crippen molar-refractivity contribution in [3.8, 4) is 0 Å². The van der Waals surface area contributed by atoms with E-state index in [0.717, 1.165) is 17.3 Å². The van der Waals surface area contributed by atoms with Crippen molar-refractivity contribution in [1.29, 1.82) is 0 Å². The average Bonchev–Trinajstić information content (AvgIpc) is 2.48. The second kappa shape index (κ2) is 4.50. The molecule has 0 unspecified atom stereocenters. The number of hydrogen-bond acceptors (Lipinski definition) is 2. The number of furan rings is 1. The minimum atomic E-state index is 1.02. The van der Waals surface area contributed by atoms with E-state index < -0.39 is 0 Å². The van der Waals surface area contributed by atoms with Gasteiger partial charge in [0.15, 0.2) is 5.09 Å². The highest BCUT2D eigenvalue weighted by Crippen LogP contribution is 2.18. The number of rotatable bonds is 4. The summed E-state index contributed by atoms with van der Waals surface area (Å²) in [5, 5.41) is 1.02. The van der Waals surface area contributed by atoms with Crippen molar-refractivity contribution in [3.05, 3.63) is 17.9 Å². The predicted octanol–water partition coefficient (Wildman–Crippen LogP) is 3.34. The predicted molar refractivity (Wildman–Crippen MR) is 49.1 cm³/mol. The molecule has 0 fully saturated rings. The molecule has 62 valence electrons. The van der Waals surface area contributed by atoms with Gasteiger partial charge in [0.25, 0.3) is 0 Å². The first-order valence-electron chi connectivity index (χ1n) is 3.99. The Morgan fingerprint density at radius 2 is 2.27 bits per heavy atom. The molecule has 0 aromatic carbocycles. The number of unbranched alkanes of at least 4 members (excludes halogenated alkanes) is 1. The van der Waals surface area contributed by atoms with E-state index >= 15 is 0 Å². The number of thioether (sulfide) groups is 1. The fourth-order valence-electron chi connectivity index (χ4n) is 0.953. The van der Waals surface area contributed by atoms with E-state index in [1.165, 1.54) is 12.8 Å². The molecule has 0 amide bonds. The maximum absolute atomic E-state index is 5.50. The molecular formula is C9H14OS. The molecule has 0 spiro atoms. The Hall–Kier alpha value is -0.370. The third-order valence-corrected chi connectivity index (χ3v) is 2.24. The third-order valence-electron chi connectivity index (χ3n) is 1.61. The molecule has 0 radical (unpaired) electrons. The van der Waals surface area contributed by atoms with Crippen LogP contribution in [0.5, 0.6) is 0 Å². The summed E-state index contributed by atoms with van der Waals surface area (Å²) >= 11 is 1.66. The van der Waals surface area contributed by atoms with Crippen molar-refractivity contribution < 1.29 is 4.42 Å². The topological polar surface area (TPSA) is 13.1 Å². The Morgan fingerprint density at radius 1 is 1.45 bits per heavy atom. The Kier molecular flexibility index (Phi) is 3.57. The van der Waals surface area contributed by atoms with E-state index in [9.17, 15) is 0 Å². The van der Waals surface area contributed by atoms with E-state index in [0.29, 0.717) is 0 Å². The van der Waals surface area contributed by atoms with Gasteiger partial charge in [-0.2, -0.15) is 0 Å². The van der Waals surface area contributed by atoms with Crippen molar-refractivity contribution in [2.45, 2.75) is 31.3 Å². The lowest BCUT2D eigenvalue weighted by Gasteiger charge is -1.92. The van der Waals surface area contributed by atoms with Gasteiger partial charge < -0.3 is 4.42 Å². The van der Waals surface area contributed by atoms with Crippen LogP contribution in [0.3, 0.4) is 0 Å². The van der Waals surface area contributed by atoms with Crippen LogP contribution in [-0.2, 0) is 6.42 Å². The van der Waals surface area contributed by atoms with Crippen molar-refractivity contribution in [1.82, 2.24) is 0 Å². The molecule has 1 aromatic heterocycles. The molecule has 0 N–H and O–H groups in total. The van der Waals surface area contributed by atoms with Gasteiger partial charge in [0.2, 0.25) is 0 Å². The zero-order valence-electron chi connectivity index (χ0n) is 7.09. The summed E-state index contributed by atoms with van der Waals surface area (Å²) in [4.78, 5) is 0. The summed E-state index contributed by atoms with van der Waals surface area (Å²) < 4.78 is 5.50. The summed E-state index contributed by atoms with van der Waals surface area (Å²) in [6.07, 6.45) is 5.57. The van der Waals surface area contributed by atoms with Crippen LogP contribution in [0.15, 0.2) is 21.6 Å². The second-order valence-corrected chi connectivity index (χ2v) is 3.34. The lowest BCUT2D eigenvalue weighted by Crippen LogP contribution is -1.78. The molecule has 0 aliphatic rings. The largest absolute Gasteiger partial charge is 0.455 e. The van der Waals surface area contributed by atoms with Crippen molar-refractivity contribution in [3.63, 3.8) is 0 Å². The molecule has 0 bridgehead atoms. The van der Waals surface area contributed by atoms with Crippen LogP contribution in [-0.4, -0.2) is 6.26 Å². The van der Waals surface area contributed by atoms with Gasteiger partial charge in [0, 0.05) is 6.42 Å². The summed E-state index contributed by atoms with van der Waals surface area (Å²) in [6.45, 7) is 2.19. The molecule has 0 aliphatic carbocycles. The molecule has 11 heavy (non-hydrogen) atoms. The first-order chi connectivity index (χ1) is 5.36. The van der Waals surface area contributed by atoms with Crippen LogP contribution >= 0.6 is 11.8 Å². The van der Waals surface area contributed by atoms with E-state index in [4.69, 9.17) is 4.42 Å². The minimum Gasteiger partial charge on any atom is -0.455 e. The molecule has 1 rings (SSSR count). The summed E-state index contributed by atoms with van der Waals surface area (Å²) in [5.74, 6) is 1.12. The Bertz CT molecular complexity index is 205. The first-order valence-corrected chi connectivity index (χ1v) is 5.22. The van der Waals surface area contributed by atoms with Crippen LogP contribution in [0.2, 0.25) is 0 Å². The molecule has 1 nitrogen and oxygen atoms in total. The lowest BCUT2D eigenvalue weighted by molar-refractivity contribution is 0.427. The summed E-state index contributed by atoms with van der Waals surface area (Å²) in [5.41, 5.74) is 0. The van der Waals surface area contributed by atoms with E-state index in [-0.39, 0.29) is 0 Å². The van der Waals surface area contributed by atoms with Gasteiger partial charge in [-0.25, -0.2) is 0 Å². The highest BCUT2D eigenvalue weighted by Gasteiger charge is 1.98. The zero-order chi connectivity index (χ0) is 8.10. The van der Waals surface area contributed by atoms with Gasteiger partial charge in [-0.1, -0.05) is 25.1 Å². The normalized spacial score (nSPS) is 10.4. The molecule has 0 atom stereocenters. The smallest absolute Gasteiger partial charge is 0.160 e. The van der Waals surface area contributed by atoms with Crippen LogP contribution in [0.4, 0.5) is 0 Å². The molecular weight excluding hydrogens is 156 g/mol. The third kappa shape index (κ3) is 2.62. The zero-order valence-corrected chi connectivity index (χ0v) is 7.91. The number of aryl methyl sites for hydroxylation is 1. The van der Waals surface area contributed by atoms with Gasteiger partial charge in [-0.15, -0.1) is 0 Å². The average molecular weight is 170 g/mol. The van der Waals surface area contributed by atoms with Crippen LogP contribution < -0.4 is 0 Å². The van der Waals surface area contributed by atoms with Crippen molar-refractivity contribution in [2.24, 2.45) is 0 Å². The van der Waals surface area contributed by atoms with Gasteiger partial charge in [0.05, 0.1) is 0 Å². The molecule has 0 saturated heterocycles. The molecule has 0 saturated carbocycles. The van der Waals surface area contributed by atoms with Crippen LogP contribution in [0, 0.1) is 0 Å². The maximum Gasteiger partial charge on any atom is 0.160 e. The molecule has 1 aromatic rings. The van der Waals surface area contributed by atoms with Crippen LogP contribution in [0.1, 0.15) is 25.5 Å². The van der Waals surface area contributed by atoms with E-state index in [1.807, 2.05) is 12.3 Å². The highest BCUT2D eigenvalue weighted by molar-refractivity contribution is 7.98. The molecule has 2 heteroatoms. The van der Waals surface area contributed by atoms with Crippen molar-refractivity contribution in [2.75, 3.05) is 6.26 Å². The first kappa shape index (κ1) is 8.72. The highest BCUT2D eigenvalue weighted by atomic mass is 32.2. The SMILES string of the molecule is CCCCc1ccc(SC)o1. The fraction of sp³-hybridized carbons (Fsp3) is 0.556. The summed E-state index contributed by atoms with van der Waals surface area (Å²) in [6, 6.07) is 4.11. The van der Waals surface area contributed by atoms with Gasteiger partial charge in [0.1, 0.15) is 5.76 Å². The Labute approximate surface area is 72.2 Å². The minimum absolute atomic E-state index is 1.02. The number of hydrogen-bond donors (Lipinski definition) is 0. The van der Waals surface area contributed by atoms with E-state index in [2.05, 4.69) is 13.0 Å². The maximum atomic E-state index is 5.50. The Balaban J connectivity index is 2.44. The van der Waals surface area contributed by atoms with Crippen molar-refractivity contribution >= 4 is 11.8 Å². The van der Waals surface area contributed by atoms with Gasteiger partial charge >= 0.3 is 0 Å². The monoisotopic (exact) mass is 170 g/mol. The van der Waals surface area contributed by atoms with Gasteiger partial charge in [-0.3, -0.25) is 0 Å². The summed E-state index contributed by atoms with van der Waals surface area (Å²) in [7, 11) is 0. The second-order valence-electron chi connectivity index (χ2n) is 2.53. The molecule has 0 aliphatic heterocycles. The van der Waals surface area contributed by atoms with E-state index in [1.54, 1.807) is 11.8 Å². The van der Waals surface area contributed by atoms with Crippen LogP contribution in [0.25, 0.3) is 0 Å². The molecule has 1 heterocycles. The standard InChI is InChI=1S/C9H14OS/c1-3-4-5-8-6-7-9(10-8)11-2/h6-7H,3-5H2,1-2H3. The van der Waals surface area contributed by atoms with Gasteiger partial charge in [-0.05, 0) is 24.8 Å².